The zero-order valence-corrected chi connectivity index (χ0v) is 19.1. The van der Waals surface area contributed by atoms with Crippen LogP contribution in [-0.4, -0.2) is 33.4 Å². The first-order valence-electron chi connectivity index (χ1n) is 10.3. The molecule has 1 N–H and O–H groups in total. The fourth-order valence-electron chi connectivity index (χ4n) is 3.62. The lowest BCUT2D eigenvalue weighted by Gasteiger charge is -2.30. The van der Waals surface area contributed by atoms with Gasteiger partial charge in [-0.05, 0) is 54.8 Å². The highest BCUT2D eigenvalue weighted by Crippen LogP contribution is 2.33. The fraction of sp³-hybridized carbons (Fsp3) is 0.167. The number of benzene rings is 3. The minimum atomic E-state index is -3.93. The molecule has 1 heterocycles. The second kappa shape index (κ2) is 9.64. The fourth-order valence-corrected chi connectivity index (χ4v) is 5.39. The number of hydrogen-bond acceptors (Lipinski definition) is 5. The van der Waals surface area contributed by atoms with Gasteiger partial charge in [-0.15, -0.1) is 0 Å². The molecule has 3 aromatic rings. The van der Waals surface area contributed by atoms with Crippen LogP contribution in [0.2, 0.25) is 5.02 Å². The Morgan fingerprint density at radius 1 is 1.00 bits per heavy atom. The van der Waals surface area contributed by atoms with Gasteiger partial charge in [-0.1, -0.05) is 48.0 Å². The largest absolute Gasteiger partial charge is 0.452 e. The lowest BCUT2D eigenvalue weighted by atomic mass is 10.0. The van der Waals surface area contributed by atoms with E-state index in [9.17, 15) is 18.0 Å². The molecule has 0 saturated heterocycles. The Morgan fingerprint density at radius 3 is 2.52 bits per heavy atom. The number of rotatable bonds is 6. The van der Waals surface area contributed by atoms with Crippen LogP contribution in [0.15, 0.2) is 77.7 Å². The van der Waals surface area contributed by atoms with Crippen LogP contribution in [0.5, 0.6) is 0 Å². The molecule has 0 aromatic heterocycles. The number of aryl methyl sites for hydroxylation is 1. The Kier molecular flexibility index (Phi) is 6.67. The number of nitrogens with zero attached hydrogens (tertiary/aromatic N) is 1. The number of fused-ring (bicyclic) bond motifs is 1. The number of halogens is 1. The predicted molar refractivity (Wildman–Crippen MR) is 126 cm³/mol. The van der Waals surface area contributed by atoms with Gasteiger partial charge in [0.25, 0.3) is 15.9 Å². The smallest absolute Gasteiger partial charge is 0.340 e. The topological polar surface area (TPSA) is 92.8 Å². The summed E-state index contributed by atoms with van der Waals surface area (Å²) in [6, 6.07) is 19.9. The van der Waals surface area contributed by atoms with Crippen LogP contribution in [0.4, 0.5) is 11.4 Å². The maximum atomic E-state index is 13.4. The summed E-state index contributed by atoms with van der Waals surface area (Å²) < 4.78 is 33.2. The summed E-state index contributed by atoms with van der Waals surface area (Å²) in [5.41, 5.74) is 2.01. The van der Waals surface area contributed by atoms with Gasteiger partial charge < -0.3 is 10.1 Å². The first-order chi connectivity index (χ1) is 15.9. The van der Waals surface area contributed by atoms with Crippen molar-refractivity contribution >= 4 is 44.9 Å². The Labute approximate surface area is 197 Å². The van der Waals surface area contributed by atoms with Gasteiger partial charge in [0.15, 0.2) is 6.61 Å². The molecule has 9 heteroatoms. The third-order valence-corrected chi connectivity index (χ3v) is 7.34. The van der Waals surface area contributed by atoms with Gasteiger partial charge in [-0.2, -0.15) is 0 Å². The molecule has 0 atom stereocenters. The molecule has 1 amide bonds. The first-order valence-corrected chi connectivity index (χ1v) is 12.1. The number of carbonyl (C=O) groups excluding carboxylic acids is 2. The number of para-hydroxylation sites is 2. The van der Waals surface area contributed by atoms with Gasteiger partial charge in [-0.25, -0.2) is 13.2 Å². The predicted octanol–water partition coefficient (Wildman–Crippen LogP) is 4.28. The average Bonchev–Trinajstić information content (AvgIpc) is 2.83. The average molecular weight is 485 g/mol. The number of esters is 1. The molecule has 7 nitrogen and oxygen atoms in total. The van der Waals surface area contributed by atoms with Crippen LogP contribution in [0.25, 0.3) is 0 Å². The van der Waals surface area contributed by atoms with Gasteiger partial charge >= 0.3 is 5.97 Å². The van der Waals surface area contributed by atoms with E-state index >= 15 is 0 Å². The molecule has 0 spiro atoms. The van der Waals surface area contributed by atoms with E-state index in [-0.39, 0.29) is 15.5 Å². The summed E-state index contributed by atoms with van der Waals surface area (Å²) in [5, 5.41) is 2.63. The maximum absolute atomic E-state index is 13.4. The molecule has 0 saturated carbocycles. The van der Waals surface area contributed by atoms with E-state index in [0.29, 0.717) is 24.3 Å². The third-order valence-electron chi connectivity index (χ3n) is 5.21. The van der Waals surface area contributed by atoms with Crippen LogP contribution in [0.1, 0.15) is 22.3 Å². The van der Waals surface area contributed by atoms with Gasteiger partial charge in [0, 0.05) is 12.2 Å². The van der Waals surface area contributed by atoms with E-state index in [2.05, 4.69) is 5.32 Å². The molecule has 0 radical (unpaired) electrons. The van der Waals surface area contributed by atoms with Crippen molar-refractivity contribution < 1.29 is 22.7 Å². The Bertz CT molecular complexity index is 1300. The lowest BCUT2D eigenvalue weighted by Crippen LogP contribution is -2.35. The summed E-state index contributed by atoms with van der Waals surface area (Å²) in [5.74, 6) is -1.42. The van der Waals surface area contributed by atoms with Crippen LogP contribution in [0, 0.1) is 0 Å². The van der Waals surface area contributed by atoms with E-state index < -0.39 is 28.5 Å². The minimum absolute atomic E-state index is 0.0291. The Hall–Kier alpha value is -3.36. The SMILES string of the molecule is O=C(COC(=O)c1cc(S(=O)(=O)N2CCCc3ccccc32)ccc1Cl)Nc1ccccc1. The molecule has 33 heavy (non-hydrogen) atoms. The van der Waals surface area contributed by atoms with E-state index in [1.807, 2.05) is 12.1 Å². The maximum Gasteiger partial charge on any atom is 0.340 e. The number of anilines is 2. The van der Waals surface area contributed by atoms with Crippen molar-refractivity contribution in [2.24, 2.45) is 0 Å². The Balaban J connectivity index is 1.52. The molecule has 1 aliphatic heterocycles. The minimum Gasteiger partial charge on any atom is -0.452 e. The van der Waals surface area contributed by atoms with E-state index in [4.69, 9.17) is 16.3 Å². The molecule has 0 unspecified atom stereocenters. The zero-order chi connectivity index (χ0) is 23.4. The molecule has 4 rings (SSSR count). The monoisotopic (exact) mass is 484 g/mol. The van der Waals surface area contributed by atoms with E-state index in [1.54, 1.807) is 42.5 Å². The van der Waals surface area contributed by atoms with Gasteiger partial charge in [0.05, 0.1) is 21.2 Å². The number of amides is 1. The van der Waals surface area contributed by atoms with Crippen molar-refractivity contribution in [3.8, 4) is 0 Å². The number of carbonyl (C=O) groups is 2. The molecular formula is C24H21ClN2O5S. The third kappa shape index (κ3) is 5.02. The molecular weight excluding hydrogens is 464 g/mol. The summed E-state index contributed by atoms with van der Waals surface area (Å²) in [4.78, 5) is 24.6. The highest BCUT2D eigenvalue weighted by molar-refractivity contribution is 7.92. The van der Waals surface area contributed by atoms with E-state index in [0.717, 1.165) is 12.0 Å². The highest BCUT2D eigenvalue weighted by Gasteiger charge is 2.30. The normalized spacial score (nSPS) is 13.2. The van der Waals surface area contributed by atoms with Crippen molar-refractivity contribution in [1.82, 2.24) is 0 Å². The van der Waals surface area contributed by atoms with Crippen molar-refractivity contribution in [1.29, 1.82) is 0 Å². The number of hydrogen-bond donors (Lipinski definition) is 1. The summed E-state index contributed by atoms with van der Waals surface area (Å²) in [7, 11) is -3.93. The van der Waals surface area contributed by atoms with Gasteiger partial charge in [0.1, 0.15) is 0 Å². The number of nitrogens with one attached hydrogen (secondary N) is 1. The van der Waals surface area contributed by atoms with Crippen molar-refractivity contribution in [3.05, 3.63) is 88.9 Å². The second-order valence-electron chi connectivity index (χ2n) is 7.44. The van der Waals surface area contributed by atoms with Gasteiger partial charge in [-0.3, -0.25) is 9.10 Å². The Morgan fingerprint density at radius 2 is 1.73 bits per heavy atom. The molecule has 3 aromatic carbocycles. The molecule has 0 bridgehead atoms. The second-order valence-corrected chi connectivity index (χ2v) is 9.71. The zero-order valence-electron chi connectivity index (χ0n) is 17.5. The van der Waals surface area contributed by atoms with Crippen LogP contribution in [-0.2, 0) is 26.0 Å². The highest BCUT2D eigenvalue weighted by atomic mass is 35.5. The van der Waals surface area contributed by atoms with Gasteiger partial charge in [0.2, 0.25) is 0 Å². The number of sulfonamides is 1. The van der Waals surface area contributed by atoms with E-state index in [1.165, 1.54) is 22.5 Å². The standard InChI is InChI=1S/C24H21ClN2O5S/c25-21-13-12-19(33(30,31)27-14-6-8-17-7-4-5-11-22(17)27)15-20(21)24(29)32-16-23(28)26-18-9-2-1-3-10-18/h1-5,7,9-13,15H,6,8,14,16H2,(H,26,28). The summed E-state index contributed by atoms with van der Waals surface area (Å²) in [6.07, 6.45) is 1.49. The lowest BCUT2D eigenvalue weighted by molar-refractivity contribution is -0.119. The van der Waals surface area contributed by atoms with Crippen molar-refractivity contribution in [2.75, 3.05) is 22.8 Å². The summed E-state index contributed by atoms with van der Waals surface area (Å²) >= 11 is 6.14. The molecule has 1 aliphatic rings. The van der Waals surface area contributed by atoms with Crippen LogP contribution in [0.3, 0.4) is 0 Å². The molecule has 0 aliphatic carbocycles. The van der Waals surface area contributed by atoms with Crippen molar-refractivity contribution in [2.45, 2.75) is 17.7 Å². The number of ether oxygens (including phenoxy) is 1. The first kappa shape index (κ1) is 22.8. The van der Waals surface area contributed by atoms with Crippen LogP contribution >= 0.6 is 11.6 Å². The quantitative estimate of drug-likeness (QED) is 0.527. The molecule has 170 valence electrons. The van der Waals surface area contributed by atoms with Crippen LogP contribution < -0.4 is 9.62 Å². The molecule has 0 fully saturated rings. The summed E-state index contributed by atoms with van der Waals surface area (Å²) in [6.45, 7) is -0.206. The van der Waals surface area contributed by atoms with Crippen molar-refractivity contribution in [3.63, 3.8) is 0 Å².